The molecule has 0 aliphatic carbocycles. The van der Waals surface area contributed by atoms with Crippen molar-refractivity contribution < 1.29 is 28.0 Å². The number of hydrogen-bond acceptors (Lipinski definition) is 4. The van der Waals surface area contributed by atoms with Crippen molar-refractivity contribution in [3.05, 3.63) is 48.5 Å². The fraction of sp³-hybridized carbons (Fsp3) is 0.200. The Morgan fingerprint density at radius 2 is 1.65 bits per heavy atom. The third-order valence-corrected chi connectivity index (χ3v) is 6.59. The number of benzene rings is 2. The molecule has 3 rings (SSSR count). The van der Waals surface area contributed by atoms with E-state index in [-0.39, 0.29) is 0 Å². The van der Waals surface area contributed by atoms with Gasteiger partial charge < -0.3 is 14.3 Å². The van der Waals surface area contributed by atoms with Gasteiger partial charge in [-0.25, -0.2) is 9.09 Å². The summed E-state index contributed by atoms with van der Waals surface area (Å²) in [6, 6.07) is 15.4. The molecule has 2 atom stereocenters. The van der Waals surface area contributed by atoms with Crippen molar-refractivity contribution in [2.45, 2.75) is 16.8 Å². The SMILES string of the molecule is CC(Cl)C(Cl)(Cl)OP(=O)(O)O.O=[PH]1Oc2ccccc2-c2ccccc21. The van der Waals surface area contributed by atoms with E-state index in [2.05, 4.69) is 4.52 Å². The van der Waals surface area contributed by atoms with Crippen LogP contribution in [0.4, 0.5) is 0 Å². The van der Waals surface area contributed by atoms with E-state index in [1.54, 1.807) is 0 Å². The summed E-state index contributed by atoms with van der Waals surface area (Å²) in [6.07, 6.45) is 0. The number of para-hydroxylation sites is 1. The van der Waals surface area contributed by atoms with Crippen molar-refractivity contribution in [2.24, 2.45) is 0 Å². The first-order valence-corrected chi connectivity index (χ1v) is 11.2. The average molecular weight is 460 g/mol. The molecule has 6 nitrogen and oxygen atoms in total. The molecule has 1 heterocycles. The molecule has 26 heavy (non-hydrogen) atoms. The van der Waals surface area contributed by atoms with Gasteiger partial charge >= 0.3 is 7.82 Å². The fourth-order valence-corrected chi connectivity index (χ4v) is 4.34. The number of alkyl halides is 3. The molecule has 0 fully saturated rings. The highest BCUT2D eigenvalue weighted by Crippen LogP contribution is 2.47. The van der Waals surface area contributed by atoms with Gasteiger partial charge in [-0.1, -0.05) is 59.6 Å². The minimum absolute atomic E-state index is 0.722. The summed E-state index contributed by atoms with van der Waals surface area (Å²) in [5.41, 5.74) is 2.06. The van der Waals surface area contributed by atoms with Gasteiger partial charge in [-0.3, -0.25) is 4.57 Å². The lowest BCUT2D eigenvalue weighted by atomic mass is 10.0. The minimum Gasteiger partial charge on any atom is -0.441 e. The topological polar surface area (TPSA) is 93.1 Å². The molecule has 1 aliphatic heterocycles. The largest absolute Gasteiger partial charge is 0.472 e. The first-order chi connectivity index (χ1) is 12.0. The molecule has 1 aliphatic rings. The highest BCUT2D eigenvalue weighted by Gasteiger charge is 2.38. The predicted molar refractivity (Wildman–Crippen MR) is 104 cm³/mol. The minimum atomic E-state index is -4.69. The summed E-state index contributed by atoms with van der Waals surface area (Å²) in [4.78, 5) is 16.5. The standard InChI is InChI=1S/C12H9O2P.C3H6Cl3O4P/c13-15-12-8-4-2-6-10(12)9-5-1-3-7-11(9)14-15;1-2(4)3(5,6)10-11(7,8)9/h1-8,15H;2H,1H3,(H2,7,8,9). The van der Waals surface area contributed by atoms with Gasteiger partial charge in [0.2, 0.25) is 4.52 Å². The molecule has 0 amide bonds. The Bertz CT molecular complexity index is 853. The molecule has 0 saturated heterocycles. The normalized spacial score (nSPS) is 17.1. The molecular weight excluding hydrogens is 444 g/mol. The van der Waals surface area contributed by atoms with E-state index < -0.39 is 25.7 Å². The molecule has 0 bridgehead atoms. The third-order valence-electron chi connectivity index (χ3n) is 3.23. The Balaban J connectivity index is 0.000000199. The fourth-order valence-electron chi connectivity index (χ4n) is 2.06. The van der Waals surface area contributed by atoms with E-state index in [0.29, 0.717) is 0 Å². The lowest BCUT2D eigenvalue weighted by molar-refractivity contribution is 0.155. The van der Waals surface area contributed by atoms with E-state index in [9.17, 15) is 9.13 Å². The van der Waals surface area contributed by atoms with E-state index in [4.69, 9.17) is 49.1 Å². The van der Waals surface area contributed by atoms with Crippen molar-refractivity contribution in [1.82, 2.24) is 0 Å². The number of halogens is 3. The zero-order chi connectivity index (χ0) is 19.5. The van der Waals surface area contributed by atoms with E-state index in [0.717, 1.165) is 22.2 Å². The van der Waals surface area contributed by atoms with Crippen LogP contribution in [0.2, 0.25) is 0 Å². The summed E-state index contributed by atoms with van der Waals surface area (Å²) >= 11 is 15.9. The number of rotatable bonds is 3. The van der Waals surface area contributed by atoms with Crippen LogP contribution in [-0.2, 0) is 13.7 Å². The van der Waals surface area contributed by atoms with Crippen LogP contribution in [0.5, 0.6) is 5.75 Å². The van der Waals surface area contributed by atoms with Crippen LogP contribution in [-0.4, -0.2) is 19.7 Å². The van der Waals surface area contributed by atoms with Crippen molar-refractivity contribution >= 4 is 56.0 Å². The van der Waals surface area contributed by atoms with Gasteiger partial charge in [0.1, 0.15) is 5.75 Å². The highest BCUT2D eigenvalue weighted by atomic mass is 35.5. The van der Waals surface area contributed by atoms with Crippen LogP contribution in [0.3, 0.4) is 0 Å². The van der Waals surface area contributed by atoms with Crippen LogP contribution in [0.1, 0.15) is 6.92 Å². The van der Waals surface area contributed by atoms with Crippen LogP contribution in [0, 0.1) is 0 Å². The Kier molecular flexibility index (Phi) is 7.23. The number of phosphoric acid groups is 1. The number of phosphoric ester groups is 1. The molecule has 2 aromatic rings. The van der Waals surface area contributed by atoms with E-state index in [1.165, 1.54) is 6.92 Å². The summed E-state index contributed by atoms with van der Waals surface area (Å²) in [7, 11) is -6.80. The Morgan fingerprint density at radius 1 is 1.12 bits per heavy atom. The Hall–Kier alpha value is -0.550. The second-order valence-corrected chi connectivity index (χ2v) is 9.64. The third kappa shape index (κ3) is 5.72. The molecular formula is C15H15Cl3O6P2. The van der Waals surface area contributed by atoms with Crippen LogP contribution in [0.25, 0.3) is 11.1 Å². The van der Waals surface area contributed by atoms with Gasteiger partial charge in [0.15, 0.2) is 0 Å². The molecule has 11 heteroatoms. The summed E-state index contributed by atoms with van der Waals surface area (Å²) in [6.45, 7) is 1.34. The maximum atomic E-state index is 11.8. The maximum Gasteiger partial charge on any atom is 0.472 e. The molecule has 2 N–H and O–H groups in total. The number of fused-ring (bicyclic) bond motifs is 3. The molecule has 0 aromatic heterocycles. The van der Waals surface area contributed by atoms with Crippen LogP contribution < -0.4 is 9.83 Å². The second-order valence-electron chi connectivity index (χ2n) is 5.19. The lowest BCUT2D eigenvalue weighted by Gasteiger charge is -2.22. The van der Waals surface area contributed by atoms with E-state index >= 15 is 0 Å². The lowest BCUT2D eigenvalue weighted by Crippen LogP contribution is -2.26. The summed E-state index contributed by atoms with van der Waals surface area (Å²) in [5.74, 6) is 0.722. The van der Waals surface area contributed by atoms with Crippen LogP contribution >= 0.6 is 50.7 Å². The molecule has 2 unspecified atom stereocenters. The quantitative estimate of drug-likeness (QED) is 0.510. The first-order valence-electron chi connectivity index (χ1n) is 7.20. The Morgan fingerprint density at radius 3 is 2.19 bits per heavy atom. The monoisotopic (exact) mass is 458 g/mol. The smallest absolute Gasteiger partial charge is 0.441 e. The summed E-state index contributed by atoms with van der Waals surface area (Å²) < 4.78 is 29.3. The van der Waals surface area contributed by atoms with Crippen molar-refractivity contribution in [3.8, 4) is 16.9 Å². The summed E-state index contributed by atoms with van der Waals surface area (Å²) in [5, 5.41) is -0.111. The van der Waals surface area contributed by atoms with Crippen molar-refractivity contribution in [2.75, 3.05) is 0 Å². The molecule has 142 valence electrons. The zero-order valence-corrected chi connectivity index (χ0v) is 17.5. The number of hydrogen-bond donors (Lipinski definition) is 2. The van der Waals surface area contributed by atoms with Gasteiger partial charge in [-0.05, 0) is 24.6 Å². The molecule has 0 radical (unpaired) electrons. The van der Waals surface area contributed by atoms with Gasteiger partial charge in [0.05, 0.1) is 10.7 Å². The van der Waals surface area contributed by atoms with Gasteiger partial charge in [0.25, 0.3) is 8.03 Å². The van der Waals surface area contributed by atoms with E-state index in [1.807, 2.05) is 48.5 Å². The first kappa shape index (κ1) is 21.7. The second kappa shape index (κ2) is 8.64. The van der Waals surface area contributed by atoms with Gasteiger partial charge in [-0.2, -0.15) is 0 Å². The Labute approximate surface area is 166 Å². The van der Waals surface area contributed by atoms with Crippen molar-refractivity contribution in [3.63, 3.8) is 0 Å². The predicted octanol–water partition coefficient (Wildman–Crippen LogP) is 4.70. The highest BCUT2D eigenvalue weighted by molar-refractivity contribution is 7.49. The van der Waals surface area contributed by atoms with Gasteiger partial charge in [0, 0.05) is 5.56 Å². The van der Waals surface area contributed by atoms with Gasteiger partial charge in [-0.15, -0.1) is 11.6 Å². The maximum absolute atomic E-state index is 11.8. The average Bonchev–Trinajstić information content (AvgIpc) is 2.53. The molecule has 0 saturated carbocycles. The van der Waals surface area contributed by atoms with Crippen molar-refractivity contribution in [1.29, 1.82) is 0 Å². The van der Waals surface area contributed by atoms with Crippen LogP contribution in [0.15, 0.2) is 48.5 Å². The molecule has 2 aromatic carbocycles. The zero-order valence-electron chi connectivity index (χ0n) is 13.3. The molecule has 0 spiro atoms.